The Hall–Kier alpha value is -2.67. The number of aryl methyl sites for hydroxylation is 1. The van der Waals surface area contributed by atoms with Gasteiger partial charge in [-0.15, -0.1) is 0 Å². The van der Waals surface area contributed by atoms with E-state index in [1.165, 1.54) is 5.56 Å². The lowest BCUT2D eigenvalue weighted by Gasteiger charge is -2.30. The Balaban J connectivity index is 1.52. The van der Waals surface area contributed by atoms with E-state index in [9.17, 15) is 9.59 Å². The topological polar surface area (TPSA) is 84.5 Å². The van der Waals surface area contributed by atoms with Crippen molar-refractivity contribution in [1.82, 2.24) is 14.7 Å². The summed E-state index contributed by atoms with van der Waals surface area (Å²) in [7, 11) is 1.83. The molecule has 0 unspecified atom stereocenters. The van der Waals surface area contributed by atoms with Crippen LogP contribution in [0.2, 0.25) is 0 Å². The van der Waals surface area contributed by atoms with E-state index in [1.54, 1.807) is 4.68 Å². The van der Waals surface area contributed by atoms with Gasteiger partial charge in [0.2, 0.25) is 5.91 Å². The molecule has 0 saturated carbocycles. The number of aromatic nitrogens is 2. The first-order valence-corrected chi connectivity index (χ1v) is 8.92. The van der Waals surface area contributed by atoms with Crippen molar-refractivity contribution in [3.63, 3.8) is 0 Å². The predicted molar refractivity (Wildman–Crippen MR) is 97.8 cm³/mol. The van der Waals surface area contributed by atoms with E-state index in [0.29, 0.717) is 18.8 Å². The molecular formula is C19H23N5O2. The predicted octanol–water partition coefficient (Wildman–Crippen LogP) is 0.855. The quantitative estimate of drug-likeness (QED) is 0.887. The second kappa shape index (κ2) is 6.25. The van der Waals surface area contributed by atoms with Crippen LogP contribution in [0.3, 0.4) is 0 Å². The Kier molecular flexibility index (Phi) is 4.03. The molecular weight excluding hydrogens is 330 g/mol. The monoisotopic (exact) mass is 353 g/mol. The molecule has 0 bridgehead atoms. The molecule has 0 spiro atoms. The summed E-state index contributed by atoms with van der Waals surface area (Å²) >= 11 is 0. The van der Waals surface area contributed by atoms with Gasteiger partial charge in [0.25, 0.3) is 5.91 Å². The number of hydrogen-bond donors (Lipinski definition) is 1. The number of fused-ring (bicyclic) bond motifs is 2. The van der Waals surface area contributed by atoms with Crippen molar-refractivity contribution in [3.05, 3.63) is 46.8 Å². The highest BCUT2D eigenvalue weighted by atomic mass is 16.2. The molecule has 0 aliphatic carbocycles. The first-order valence-electron chi connectivity index (χ1n) is 8.92. The van der Waals surface area contributed by atoms with E-state index in [4.69, 9.17) is 5.73 Å². The van der Waals surface area contributed by atoms with Crippen LogP contribution in [0.25, 0.3) is 0 Å². The molecule has 1 aromatic heterocycles. The van der Waals surface area contributed by atoms with Gasteiger partial charge in [0.1, 0.15) is 0 Å². The number of nitrogens with zero attached hydrogens (tertiary/aromatic N) is 4. The molecule has 2 aromatic rings. The fourth-order valence-electron chi connectivity index (χ4n) is 4.19. The van der Waals surface area contributed by atoms with Gasteiger partial charge in [-0.25, -0.2) is 0 Å². The lowest BCUT2D eigenvalue weighted by Crippen LogP contribution is -2.44. The van der Waals surface area contributed by atoms with E-state index in [1.807, 2.05) is 30.1 Å². The van der Waals surface area contributed by atoms with Crippen LogP contribution >= 0.6 is 0 Å². The van der Waals surface area contributed by atoms with Crippen LogP contribution in [0.1, 0.15) is 34.2 Å². The summed E-state index contributed by atoms with van der Waals surface area (Å²) in [5.41, 5.74) is 9.90. The van der Waals surface area contributed by atoms with Gasteiger partial charge in [0, 0.05) is 49.5 Å². The molecule has 1 atom stereocenters. The average molecular weight is 353 g/mol. The van der Waals surface area contributed by atoms with Crippen molar-refractivity contribution < 1.29 is 9.59 Å². The second-order valence-corrected chi connectivity index (χ2v) is 7.17. The maximum absolute atomic E-state index is 13.0. The van der Waals surface area contributed by atoms with Gasteiger partial charge in [0.15, 0.2) is 5.69 Å². The van der Waals surface area contributed by atoms with Gasteiger partial charge < -0.3 is 10.6 Å². The molecule has 1 aromatic carbocycles. The number of para-hydroxylation sites is 1. The summed E-state index contributed by atoms with van der Waals surface area (Å²) in [6.07, 6.45) is 1.64. The molecule has 26 heavy (non-hydrogen) atoms. The summed E-state index contributed by atoms with van der Waals surface area (Å²) in [5, 5.41) is 4.24. The van der Waals surface area contributed by atoms with E-state index < -0.39 is 5.91 Å². The number of hydrogen-bond acceptors (Lipinski definition) is 4. The zero-order valence-electron chi connectivity index (χ0n) is 15.1. The normalized spacial score (nSPS) is 19.3. The van der Waals surface area contributed by atoms with Gasteiger partial charge in [-0.3, -0.25) is 19.2 Å². The van der Waals surface area contributed by atoms with Crippen LogP contribution in [0.4, 0.5) is 5.69 Å². The number of anilines is 1. The van der Waals surface area contributed by atoms with Gasteiger partial charge in [-0.2, -0.15) is 5.10 Å². The zero-order valence-corrected chi connectivity index (χ0v) is 15.1. The smallest absolute Gasteiger partial charge is 0.269 e. The lowest BCUT2D eigenvalue weighted by molar-refractivity contribution is -0.120. The van der Waals surface area contributed by atoms with Gasteiger partial charge >= 0.3 is 0 Å². The Labute approximate surface area is 152 Å². The molecule has 136 valence electrons. The minimum absolute atomic E-state index is 0.0930. The largest absolute Gasteiger partial charge is 0.364 e. The van der Waals surface area contributed by atoms with Crippen molar-refractivity contribution in [2.45, 2.75) is 32.4 Å². The molecule has 0 radical (unpaired) electrons. The summed E-state index contributed by atoms with van der Waals surface area (Å²) in [5.74, 6) is -0.424. The number of carbonyl (C=O) groups is 2. The Morgan fingerprint density at radius 3 is 2.85 bits per heavy atom. The fraction of sp³-hybridized carbons (Fsp3) is 0.421. The van der Waals surface area contributed by atoms with Crippen LogP contribution in [-0.4, -0.2) is 45.6 Å². The summed E-state index contributed by atoms with van der Waals surface area (Å²) in [6.45, 7) is 3.70. The van der Waals surface area contributed by atoms with Gasteiger partial charge in [-0.05, 0) is 25.0 Å². The number of carbonyl (C=O) groups excluding carboxylic acids is 2. The maximum Gasteiger partial charge on any atom is 0.269 e. The Morgan fingerprint density at radius 1 is 1.31 bits per heavy atom. The summed E-state index contributed by atoms with van der Waals surface area (Å²) in [6, 6.07) is 8.25. The number of nitrogens with two attached hydrogens (primary N) is 1. The minimum Gasteiger partial charge on any atom is -0.364 e. The third-order valence-electron chi connectivity index (χ3n) is 5.39. The van der Waals surface area contributed by atoms with Crippen molar-refractivity contribution >= 4 is 17.5 Å². The minimum atomic E-state index is -0.517. The molecule has 2 amide bonds. The van der Waals surface area contributed by atoms with Crippen LogP contribution in [-0.2, 0) is 31.2 Å². The van der Waals surface area contributed by atoms with Crippen molar-refractivity contribution in [1.29, 1.82) is 0 Å². The van der Waals surface area contributed by atoms with E-state index in [0.717, 1.165) is 36.3 Å². The first kappa shape index (κ1) is 16.8. The Bertz CT molecular complexity index is 888. The molecule has 2 aliphatic rings. The highest BCUT2D eigenvalue weighted by Crippen LogP contribution is 2.32. The van der Waals surface area contributed by atoms with Gasteiger partial charge in [0.05, 0.1) is 6.54 Å². The molecule has 0 fully saturated rings. The highest BCUT2D eigenvalue weighted by Gasteiger charge is 2.33. The number of rotatable bonds is 3. The number of amides is 2. The second-order valence-electron chi connectivity index (χ2n) is 7.17. The van der Waals surface area contributed by atoms with E-state index >= 15 is 0 Å². The first-order chi connectivity index (χ1) is 12.5. The molecule has 3 heterocycles. The lowest BCUT2D eigenvalue weighted by atomic mass is 10.0. The molecule has 2 N–H and O–H groups in total. The average Bonchev–Trinajstić information content (AvgIpc) is 3.11. The van der Waals surface area contributed by atoms with Crippen molar-refractivity contribution in [2.24, 2.45) is 12.8 Å². The molecule has 0 saturated heterocycles. The van der Waals surface area contributed by atoms with Crippen molar-refractivity contribution in [2.75, 3.05) is 18.0 Å². The molecule has 4 rings (SSSR count). The van der Waals surface area contributed by atoms with Crippen LogP contribution in [0.15, 0.2) is 24.3 Å². The standard InChI is InChI=1S/C19H23N5O2/c1-12-9-13-5-3-4-6-15(13)24(12)17(25)11-23-8-7-16-14(10-23)18(19(20)26)21-22(16)2/h3-6,12H,7-11H2,1-2H3,(H2,20,26)/t12-/m0/s1. The highest BCUT2D eigenvalue weighted by molar-refractivity contribution is 5.97. The summed E-state index contributed by atoms with van der Waals surface area (Å²) in [4.78, 5) is 28.6. The third-order valence-corrected chi connectivity index (χ3v) is 5.39. The third kappa shape index (κ3) is 2.68. The Morgan fingerprint density at radius 2 is 2.08 bits per heavy atom. The van der Waals surface area contributed by atoms with Crippen LogP contribution < -0.4 is 10.6 Å². The SMILES string of the molecule is C[C@H]1Cc2ccccc2N1C(=O)CN1CCc2c(c(C(N)=O)nn2C)C1. The maximum atomic E-state index is 13.0. The fourth-order valence-corrected chi connectivity index (χ4v) is 4.19. The van der Waals surface area contributed by atoms with E-state index in [2.05, 4.69) is 23.0 Å². The molecule has 7 nitrogen and oxygen atoms in total. The zero-order chi connectivity index (χ0) is 18.4. The summed E-state index contributed by atoms with van der Waals surface area (Å²) < 4.78 is 1.73. The number of benzene rings is 1. The van der Waals surface area contributed by atoms with Crippen molar-refractivity contribution in [3.8, 4) is 0 Å². The number of primary amides is 1. The molecule has 2 aliphatic heterocycles. The molecule has 7 heteroatoms. The van der Waals surface area contributed by atoms with Crippen LogP contribution in [0, 0.1) is 0 Å². The van der Waals surface area contributed by atoms with Gasteiger partial charge in [-0.1, -0.05) is 18.2 Å². The van der Waals surface area contributed by atoms with E-state index in [-0.39, 0.29) is 11.9 Å². The van der Waals surface area contributed by atoms with Crippen LogP contribution in [0.5, 0.6) is 0 Å².